The monoisotopic (exact) mass is 356 g/mol. The van der Waals surface area contributed by atoms with Crippen molar-refractivity contribution < 1.29 is 28.7 Å². The molecule has 0 aromatic heterocycles. The average molecular weight is 356 g/mol. The van der Waals surface area contributed by atoms with Crippen molar-refractivity contribution in [1.29, 1.82) is 0 Å². The molecule has 0 unspecified atom stereocenters. The van der Waals surface area contributed by atoms with E-state index in [1.165, 1.54) is 38.5 Å². The summed E-state index contributed by atoms with van der Waals surface area (Å²) in [5.74, 6) is 2.28. The maximum absolute atomic E-state index is 10.0. The van der Waals surface area contributed by atoms with Crippen LogP contribution in [0.25, 0.3) is 0 Å². The van der Waals surface area contributed by atoms with Crippen molar-refractivity contribution >= 4 is 15.2 Å². The Kier molecular flexibility index (Phi) is 8.84. The van der Waals surface area contributed by atoms with Gasteiger partial charge in [0.25, 0.3) is 0 Å². The Morgan fingerprint density at radius 1 is 0.591 bits per heavy atom. The molecule has 2 aliphatic carbocycles. The zero-order chi connectivity index (χ0) is 16.6. The first-order valence-electron chi connectivity index (χ1n) is 8.26. The van der Waals surface area contributed by atoms with Gasteiger partial charge in [-0.05, 0) is 11.8 Å². The van der Waals surface area contributed by atoms with Crippen LogP contribution in [-0.2, 0) is 9.13 Å². The second-order valence-corrected chi connectivity index (χ2v) is 10.1. The summed E-state index contributed by atoms with van der Waals surface area (Å²) in [4.78, 5) is 32.6. The van der Waals surface area contributed by atoms with Gasteiger partial charge < -0.3 is 19.6 Å². The van der Waals surface area contributed by atoms with Gasteiger partial charge in [0, 0.05) is 0 Å². The van der Waals surface area contributed by atoms with Crippen LogP contribution in [0.15, 0.2) is 0 Å². The van der Waals surface area contributed by atoms with Crippen molar-refractivity contribution in [3.05, 3.63) is 0 Å². The second kappa shape index (κ2) is 9.56. The van der Waals surface area contributed by atoms with E-state index in [1.54, 1.807) is 25.7 Å². The second-order valence-electron chi connectivity index (χ2n) is 6.57. The Hall–Kier alpha value is 0.300. The minimum Gasteiger partial charge on any atom is -0.324 e. The molecule has 6 nitrogen and oxygen atoms in total. The Morgan fingerprint density at radius 2 is 0.864 bits per heavy atom. The lowest BCUT2D eigenvalue weighted by atomic mass is 9.73. The third kappa shape index (κ3) is 10.1. The molecule has 0 bridgehead atoms. The zero-order valence-corrected chi connectivity index (χ0v) is 14.9. The molecule has 0 heterocycles. The fourth-order valence-electron chi connectivity index (χ4n) is 3.47. The first-order chi connectivity index (χ1) is 10.2. The Balaban J connectivity index is 0.000000225. The predicted octanol–water partition coefficient (Wildman–Crippen LogP) is 3.49. The normalized spacial score (nSPS) is 22.0. The van der Waals surface area contributed by atoms with Crippen LogP contribution < -0.4 is 0 Å². The summed E-state index contributed by atoms with van der Waals surface area (Å²) in [6.07, 6.45) is 13.9. The first-order valence-corrected chi connectivity index (χ1v) is 11.9. The third-order valence-electron chi connectivity index (χ3n) is 4.65. The maximum Gasteiger partial charge on any atom is 0.326 e. The molecule has 0 amide bonds. The van der Waals surface area contributed by atoms with Gasteiger partial charge in [-0.1, -0.05) is 64.2 Å². The summed E-state index contributed by atoms with van der Waals surface area (Å²) in [7, 11) is -8.51. The van der Waals surface area contributed by atoms with Gasteiger partial charge in [-0.3, -0.25) is 9.13 Å². The molecule has 0 aromatic carbocycles. The van der Waals surface area contributed by atoms with E-state index in [4.69, 9.17) is 19.6 Å². The van der Waals surface area contributed by atoms with Gasteiger partial charge in [0.05, 0.1) is 12.3 Å². The summed E-state index contributed by atoms with van der Waals surface area (Å²) < 4.78 is 20.1. The van der Waals surface area contributed by atoms with E-state index in [2.05, 4.69) is 0 Å². The number of hydrogen-bond acceptors (Lipinski definition) is 2. The van der Waals surface area contributed by atoms with Crippen molar-refractivity contribution in [2.75, 3.05) is 12.3 Å². The van der Waals surface area contributed by atoms with Gasteiger partial charge >= 0.3 is 15.2 Å². The number of rotatable bonds is 4. The lowest BCUT2D eigenvalue weighted by Gasteiger charge is -2.32. The molecule has 0 spiro atoms. The van der Waals surface area contributed by atoms with Crippen LogP contribution in [-0.4, -0.2) is 31.9 Å². The highest BCUT2D eigenvalue weighted by Crippen LogP contribution is 2.42. The van der Waals surface area contributed by atoms with Crippen LogP contribution in [0.2, 0.25) is 0 Å². The van der Waals surface area contributed by atoms with E-state index in [0.717, 1.165) is 11.8 Å². The topological polar surface area (TPSA) is 115 Å². The van der Waals surface area contributed by atoms with Crippen molar-refractivity contribution in [2.45, 2.75) is 64.2 Å². The van der Waals surface area contributed by atoms with Gasteiger partial charge in [0.2, 0.25) is 0 Å². The van der Waals surface area contributed by atoms with Gasteiger partial charge in [-0.2, -0.15) is 0 Å². The van der Waals surface area contributed by atoms with Crippen molar-refractivity contribution in [3.63, 3.8) is 0 Å². The zero-order valence-electron chi connectivity index (χ0n) is 13.1. The molecule has 2 fully saturated rings. The molecule has 0 atom stereocenters. The van der Waals surface area contributed by atoms with Gasteiger partial charge in [-0.15, -0.1) is 0 Å². The molecule has 2 rings (SSSR count). The Morgan fingerprint density at radius 3 is 1.09 bits per heavy atom. The molecular weight excluding hydrogens is 326 g/mol. The predicted molar refractivity (Wildman–Crippen MR) is 87.0 cm³/mol. The van der Waals surface area contributed by atoms with E-state index < -0.39 is 27.5 Å². The molecule has 0 aliphatic heterocycles. The SMILES string of the molecule is C1CCC(C2CCCCC2)CC1.O=P(O)(O)CCP(=O)(O)O. The average Bonchev–Trinajstić information content (AvgIpc) is 2.47. The molecule has 132 valence electrons. The quantitative estimate of drug-likeness (QED) is 0.573. The van der Waals surface area contributed by atoms with Gasteiger partial charge in [-0.25, -0.2) is 0 Å². The maximum atomic E-state index is 10.0. The lowest BCUT2D eigenvalue weighted by Crippen LogP contribution is -2.20. The van der Waals surface area contributed by atoms with Crippen LogP contribution in [0.5, 0.6) is 0 Å². The van der Waals surface area contributed by atoms with Crippen LogP contribution in [0.4, 0.5) is 0 Å². The van der Waals surface area contributed by atoms with Crippen molar-refractivity contribution in [1.82, 2.24) is 0 Å². The third-order valence-corrected chi connectivity index (χ3v) is 6.61. The van der Waals surface area contributed by atoms with Gasteiger partial charge in [0.15, 0.2) is 0 Å². The summed E-state index contributed by atoms with van der Waals surface area (Å²) in [5.41, 5.74) is 0. The van der Waals surface area contributed by atoms with E-state index in [0.29, 0.717) is 0 Å². The van der Waals surface area contributed by atoms with Crippen LogP contribution >= 0.6 is 15.2 Å². The molecule has 22 heavy (non-hydrogen) atoms. The van der Waals surface area contributed by atoms with E-state index in [-0.39, 0.29) is 0 Å². The standard InChI is InChI=1S/C12H22.C2H8O6P2/c1-3-7-11(8-4-1)12-9-5-2-6-10-12;3-9(4,5)1-2-10(6,7)8/h11-12H,1-10H2;1-2H2,(H2,3,4,5)(H2,6,7,8). The highest BCUT2D eigenvalue weighted by Gasteiger charge is 2.24. The molecule has 8 heteroatoms. The largest absolute Gasteiger partial charge is 0.326 e. The molecule has 2 saturated carbocycles. The molecule has 0 saturated heterocycles. The fraction of sp³-hybridized carbons (Fsp3) is 1.00. The summed E-state index contributed by atoms with van der Waals surface area (Å²) >= 11 is 0. The van der Waals surface area contributed by atoms with E-state index in [1.807, 2.05) is 0 Å². The molecule has 2 aliphatic rings. The van der Waals surface area contributed by atoms with Crippen molar-refractivity contribution in [3.8, 4) is 0 Å². The highest BCUT2D eigenvalue weighted by atomic mass is 31.2. The minimum absolute atomic E-state index is 0.767. The molecule has 4 N–H and O–H groups in total. The Labute approximate surface area is 133 Å². The highest BCUT2D eigenvalue weighted by molar-refractivity contribution is 7.56. The fourth-order valence-corrected chi connectivity index (χ4v) is 5.56. The summed E-state index contributed by atoms with van der Waals surface area (Å²) in [6.45, 7) is 0. The molecular formula is C14H30O6P2. The van der Waals surface area contributed by atoms with E-state index in [9.17, 15) is 9.13 Å². The van der Waals surface area contributed by atoms with Crippen LogP contribution in [0.3, 0.4) is 0 Å². The molecule has 0 radical (unpaired) electrons. The van der Waals surface area contributed by atoms with Crippen LogP contribution in [0.1, 0.15) is 64.2 Å². The number of hydrogen-bond donors (Lipinski definition) is 4. The lowest BCUT2D eigenvalue weighted by molar-refractivity contribution is 0.196. The summed E-state index contributed by atoms with van der Waals surface area (Å²) in [5, 5.41) is 0. The Bertz CT molecular complexity index is 352. The first kappa shape index (κ1) is 20.3. The summed E-state index contributed by atoms with van der Waals surface area (Å²) in [6, 6.07) is 0. The van der Waals surface area contributed by atoms with Crippen molar-refractivity contribution in [2.24, 2.45) is 11.8 Å². The van der Waals surface area contributed by atoms with Gasteiger partial charge in [0.1, 0.15) is 0 Å². The van der Waals surface area contributed by atoms with E-state index >= 15 is 0 Å². The minimum atomic E-state index is -4.25. The smallest absolute Gasteiger partial charge is 0.324 e. The van der Waals surface area contributed by atoms with Crippen LogP contribution in [0, 0.1) is 11.8 Å². The molecule has 0 aromatic rings.